The summed E-state index contributed by atoms with van der Waals surface area (Å²) >= 11 is 0. The van der Waals surface area contributed by atoms with E-state index in [1.807, 2.05) is 24.0 Å². The topological polar surface area (TPSA) is 91.4 Å². The van der Waals surface area contributed by atoms with Crippen molar-refractivity contribution in [1.29, 1.82) is 0 Å². The summed E-state index contributed by atoms with van der Waals surface area (Å²) in [7, 11) is -2.15. The number of amides is 1. The average Bonchev–Trinajstić information content (AvgIpc) is 2.66. The van der Waals surface area contributed by atoms with Crippen LogP contribution in [0.3, 0.4) is 0 Å². The van der Waals surface area contributed by atoms with Crippen LogP contribution >= 0.6 is 0 Å². The van der Waals surface area contributed by atoms with E-state index in [0.29, 0.717) is 34.1 Å². The van der Waals surface area contributed by atoms with Crippen LogP contribution in [0.4, 0.5) is 11.5 Å². The predicted octanol–water partition coefficient (Wildman–Crippen LogP) is 2.77. The first-order chi connectivity index (χ1) is 13.7. The molecule has 1 unspecified atom stereocenters. The minimum Gasteiger partial charge on any atom is -0.359 e. The van der Waals surface area contributed by atoms with Gasteiger partial charge in [-0.2, -0.15) is 0 Å². The summed E-state index contributed by atoms with van der Waals surface area (Å²) in [6.45, 7) is 6.78. The summed E-state index contributed by atoms with van der Waals surface area (Å²) in [5, 5.41) is 2.70. The molecular formula is C21H28N4O3S. The molecule has 0 bridgehead atoms. The normalized spacial score (nSPS) is 17.1. The third-order valence-corrected chi connectivity index (χ3v) is 6.91. The van der Waals surface area contributed by atoms with Gasteiger partial charge in [0.15, 0.2) is 5.82 Å². The highest BCUT2D eigenvalue weighted by atomic mass is 32.2. The van der Waals surface area contributed by atoms with Gasteiger partial charge in [-0.15, -0.1) is 0 Å². The average molecular weight is 417 g/mol. The molecule has 0 aliphatic carbocycles. The smallest absolute Gasteiger partial charge is 0.262 e. The number of sulfonamides is 1. The van der Waals surface area contributed by atoms with Crippen molar-refractivity contribution in [3.8, 4) is 0 Å². The highest BCUT2D eigenvalue weighted by Crippen LogP contribution is 2.31. The Balaban J connectivity index is 1.93. The Bertz CT molecular complexity index is 997. The summed E-state index contributed by atoms with van der Waals surface area (Å²) in [4.78, 5) is 18.8. The number of benzene rings is 1. The molecular weight excluding hydrogens is 388 g/mol. The first-order valence-corrected chi connectivity index (χ1v) is 11.2. The second-order valence-corrected chi connectivity index (χ2v) is 9.23. The maximum atomic E-state index is 13.2. The van der Waals surface area contributed by atoms with Crippen molar-refractivity contribution in [2.75, 3.05) is 29.8 Å². The molecule has 156 valence electrons. The standard InChI is InChI=1S/C21H28N4O3S/c1-14-11-15(2)19(16(3)12-14)29(27,28)24-18-8-5-9-23-20(18)25-10-6-7-17(13-25)21(26)22-4/h5,8-9,11-12,17,24H,6-7,10,13H2,1-4H3,(H,22,26). The molecule has 2 heterocycles. The molecule has 1 atom stereocenters. The lowest BCUT2D eigenvalue weighted by Crippen LogP contribution is -2.42. The third-order valence-electron chi connectivity index (χ3n) is 5.24. The van der Waals surface area contributed by atoms with Crippen molar-refractivity contribution >= 4 is 27.4 Å². The summed E-state index contributed by atoms with van der Waals surface area (Å²) in [5.74, 6) is 0.410. The van der Waals surface area contributed by atoms with Crippen LogP contribution in [0, 0.1) is 26.7 Å². The molecule has 1 aromatic heterocycles. The number of pyridine rings is 1. The van der Waals surface area contributed by atoms with Crippen LogP contribution in [0.5, 0.6) is 0 Å². The molecule has 0 spiro atoms. The highest BCUT2D eigenvalue weighted by molar-refractivity contribution is 7.92. The number of piperidine rings is 1. The molecule has 1 aromatic carbocycles. The zero-order valence-corrected chi connectivity index (χ0v) is 18.1. The Labute approximate surface area is 172 Å². The van der Waals surface area contributed by atoms with Crippen LogP contribution in [-0.2, 0) is 14.8 Å². The molecule has 1 saturated heterocycles. The first kappa shape index (κ1) is 21.1. The minimum atomic E-state index is -3.78. The van der Waals surface area contributed by atoms with Gasteiger partial charge in [0.05, 0.1) is 16.5 Å². The lowest BCUT2D eigenvalue weighted by atomic mass is 9.97. The van der Waals surface area contributed by atoms with Gasteiger partial charge in [-0.3, -0.25) is 9.52 Å². The number of aryl methyl sites for hydroxylation is 3. The van der Waals surface area contributed by atoms with Crippen LogP contribution in [0.15, 0.2) is 35.4 Å². The fraction of sp³-hybridized carbons (Fsp3) is 0.429. The van der Waals surface area contributed by atoms with Crippen molar-refractivity contribution in [3.63, 3.8) is 0 Å². The number of hydrogen-bond acceptors (Lipinski definition) is 5. The van der Waals surface area contributed by atoms with Gasteiger partial charge < -0.3 is 10.2 Å². The van der Waals surface area contributed by atoms with Gasteiger partial charge in [-0.05, 0) is 56.9 Å². The van der Waals surface area contributed by atoms with E-state index in [2.05, 4.69) is 15.0 Å². The third kappa shape index (κ3) is 4.53. The van der Waals surface area contributed by atoms with Crippen molar-refractivity contribution < 1.29 is 13.2 Å². The van der Waals surface area contributed by atoms with Gasteiger partial charge in [0, 0.05) is 26.3 Å². The molecule has 2 N–H and O–H groups in total. The monoisotopic (exact) mass is 416 g/mol. The van der Waals surface area contributed by atoms with E-state index in [-0.39, 0.29) is 11.8 Å². The van der Waals surface area contributed by atoms with Crippen molar-refractivity contribution in [3.05, 3.63) is 47.2 Å². The fourth-order valence-corrected chi connectivity index (χ4v) is 5.62. The Hall–Kier alpha value is -2.61. The minimum absolute atomic E-state index is 0.00123. The molecule has 2 aromatic rings. The number of hydrogen-bond donors (Lipinski definition) is 2. The van der Waals surface area contributed by atoms with Gasteiger partial charge in [-0.25, -0.2) is 13.4 Å². The van der Waals surface area contributed by atoms with Crippen LogP contribution in [-0.4, -0.2) is 39.4 Å². The van der Waals surface area contributed by atoms with E-state index in [1.54, 1.807) is 39.2 Å². The maximum absolute atomic E-state index is 13.2. The second kappa shape index (κ2) is 8.41. The molecule has 3 rings (SSSR count). The zero-order chi connectivity index (χ0) is 21.2. The van der Waals surface area contributed by atoms with E-state index in [0.717, 1.165) is 24.9 Å². The first-order valence-electron chi connectivity index (χ1n) is 9.75. The van der Waals surface area contributed by atoms with E-state index >= 15 is 0 Å². The number of nitrogens with one attached hydrogen (secondary N) is 2. The molecule has 0 radical (unpaired) electrons. The largest absolute Gasteiger partial charge is 0.359 e. The van der Waals surface area contributed by atoms with Crippen LogP contribution < -0.4 is 14.9 Å². The van der Waals surface area contributed by atoms with Gasteiger partial charge in [-0.1, -0.05) is 17.7 Å². The molecule has 1 aliphatic heterocycles. The molecule has 7 nitrogen and oxygen atoms in total. The van der Waals surface area contributed by atoms with Crippen molar-refractivity contribution in [1.82, 2.24) is 10.3 Å². The summed E-state index contributed by atoms with van der Waals surface area (Å²) < 4.78 is 29.1. The summed E-state index contributed by atoms with van der Waals surface area (Å²) in [6, 6.07) is 7.15. The predicted molar refractivity (Wildman–Crippen MR) is 115 cm³/mol. The number of anilines is 2. The Kier molecular flexibility index (Phi) is 6.12. The molecule has 0 saturated carbocycles. The molecule has 1 fully saturated rings. The summed E-state index contributed by atoms with van der Waals surface area (Å²) in [5.41, 5.74) is 2.86. The number of carbonyl (C=O) groups excluding carboxylic acids is 1. The van der Waals surface area contributed by atoms with E-state index in [4.69, 9.17) is 0 Å². The quantitative estimate of drug-likeness (QED) is 0.782. The number of rotatable bonds is 5. The van der Waals surface area contributed by atoms with E-state index < -0.39 is 10.0 Å². The van der Waals surface area contributed by atoms with Gasteiger partial charge in [0.25, 0.3) is 10.0 Å². The van der Waals surface area contributed by atoms with Gasteiger partial charge >= 0.3 is 0 Å². The second-order valence-electron chi connectivity index (χ2n) is 7.61. The van der Waals surface area contributed by atoms with E-state index in [1.165, 1.54) is 0 Å². The van der Waals surface area contributed by atoms with Crippen LogP contribution in [0.25, 0.3) is 0 Å². The van der Waals surface area contributed by atoms with E-state index in [9.17, 15) is 13.2 Å². The maximum Gasteiger partial charge on any atom is 0.262 e. The highest BCUT2D eigenvalue weighted by Gasteiger charge is 2.28. The fourth-order valence-electron chi connectivity index (χ4n) is 4.10. The lowest BCUT2D eigenvalue weighted by Gasteiger charge is -2.33. The van der Waals surface area contributed by atoms with Crippen LogP contribution in [0.1, 0.15) is 29.5 Å². The van der Waals surface area contributed by atoms with Gasteiger partial charge in [0.1, 0.15) is 0 Å². The van der Waals surface area contributed by atoms with Crippen LogP contribution in [0.2, 0.25) is 0 Å². The molecule has 1 amide bonds. The molecule has 29 heavy (non-hydrogen) atoms. The number of aromatic nitrogens is 1. The summed E-state index contributed by atoms with van der Waals surface area (Å²) in [6.07, 6.45) is 3.29. The lowest BCUT2D eigenvalue weighted by molar-refractivity contribution is -0.124. The van der Waals surface area contributed by atoms with Crippen molar-refractivity contribution in [2.24, 2.45) is 5.92 Å². The number of carbonyl (C=O) groups is 1. The Morgan fingerprint density at radius 1 is 1.21 bits per heavy atom. The van der Waals surface area contributed by atoms with Crippen molar-refractivity contribution in [2.45, 2.75) is 38.5 Å². The number of nitrogens with zero attached hydrogens (tertiary/aromatic N) is 2. The molecule has 8 heteroatoms. The Morgan fingerprint density at radius 3 is 2.55 bits per heavy atom. The van der Waals surface area contributed by atoms with Gasteiger partial charge in [0.2, 0.25) is 5.91 Å². The Morgan fingerprint density at radius 2 is 1.90 bits per heavy atom. The SMILES string of the molecule is CNC(=O)C1CCCN(c2ncccc2NS(=O)(=O)c2c(C)cc(C)cc2C)C1. The zero-order valence-electron chi connectivity index (χ0n) is 17.3. The molecule has 1 aliphatic rings.